The predicted octanol–water partition coefficient (Wildman–Crippen LogP) is 3.80. The van der Waals surface area contributed by atoms with E-state index in [4.69, 9.17) is 11.6 Å². The van der Waals surface area contributed by atoms with Gasteiger partial charge in [-0.3, -0.25) is 0 Å². The molecule has 1 heterocycles. The minimum atomic E-state index is 0.710. The Morgan fingerprint density at radius 3 is 2.79 bits per heavy atom. The van der Waals surface area contributed by atoms with E-state index < -0.39 is 0 Å². The van der Waals surface area contributed by atoms with Crippen LogP contribution < -0.4 is 0 Å². The molecule has 0 radical (unpaired) electrons. The number of H-pyrrole nitrogens is 1. The summed E-state index contributed by atoms with van der Waals surface area (Å²) < 4.78 is 0.888. The lowest BCUT2D eigenvalue weighted by Crippen LogP contribution is -1.81. The quantitative estimate of drug-likeness (QED) is 0.839. The van der Waals surface area contributed by atoms with Gasteiger partial charge in [-0.25, -0.2) is 4.98 Å². The zero-order valence-corrected chi connectivity index (χ0v) is 9.85. The maximum atomic E-state index is 5.91. The Morgan fingerprint density at radius 2 is 2.21 bits per heavy atom. The third-order valence-corrected chi connectivity index (χ3v) is 3.24. The first-order valence-corrected chi connectivity index (χ1v) is 5.31. The van der Waals surface area contributed by atoms with Crippen LogP contribution in [0, 0.1) is 6.92 Å². The highest BCUT2D eigenvalue weighted by atomic mass is 79.9. The van der Waals surface area contributed by atoms with Crippen LogP contribution in [-0.4, -0.2) is 9.97 Å². The molecule has 4 heteroatoms. The second-order valence-electron chi connectivity index (χ2n) is 3.01. The largest absolute Gasteiger partial charge is 0.348 e. The summed E-state index contributed by atoms with van der Waals surface area (Å²) in [6.07, 6.45) is 1.69. The SMILES string of the molecule is Cc1[nH]cnc1-c1ccc(Cl)c(Br)c1. The van der Waals surface area contributed by atoms with Gasteiger partial charge in [-0.2, -0.15) is 0 Å². The van der Waals surface area contributed by atoms with Crippen molar-refractivity contribution in [2.75, 3.05) is 0 Å². The number of aryl methyl sites for hydroxylation is 1. The number of aromatic nitrogens is 2. The summed E-state index contributed by atoms with van der Waals surface area (Å²) in [6.45, 7) is 1.99. The van der Waals surface area contributed by atoms with Crippen LogP contribution in [0.2, 0.25) is 5.02 Å². The third kappa shape index (κ3) is 1.70. The van der Waals surface area contributed by atoms with Crippen LogP contribution in [0.5, 0.6) is 0 Å². The summed E-state index contributed by atoms with van der Waals surface area (Å²) in [5, 5.41) is 0.710. The first kappa shape index (κ1) is 9.74. The topological polar surface area (TPSA) is 28.7 Å². The molecule has 2 rings (SSSR count). The summed E-state index contributed by atoms with van der Waals surface area (Å²) in [7, 11) is 0. The number of hydrogen-bond donors (Lipinski definition) is 1. The van der Waals surface area contributed by atoms with Gasteiger partial charge in [-0.1, -0.05) is 17.7 Å². The van der Waals surface area contributed by atoms with Gasteiger partial charge in [0.1, 0.15) is 0 Å². The number of aromatic amines is 1. The van der Waals surface area contributed by atoms with Crippen molar-refractivity contribution >= 4 is 27.5 Å². The average Bonchev–Trinajstić information content (AvgIpc) is 2.57. The Balaban J connectivity index is 2.53. The highest BCUT2D eigenvalue weighted by Crippen LogP contribution is 2.28. The molecule has 0 saturated carbocycles. The molecule has 2 nitrogen and oxygen atoms in total. The van der Waals surface area contributed by atoms with Gasteiger partial charge in [0, 0.05) is 15.7 Å². The second-order valence-corrected chi connectivity index (χ2v) is 4.27. The first-order chi connectivity index (χ1) is 6.68. The molecule has 0 saturated heterocycles. The molecule has 0 unspecified atom stereocenters. The lowest BCUT2D eigenvalue weighted by Gasteiger charge is -2.01. The van der Waals surface area contributed by atoms with Gasteiger partial charge in [0.05, 0.1) is 17.0 Å². The van der Waals surface area contributed by atoms with Gasteiger partial charge in [-0.05, 0) is 35.0 Å². The van der Waals surface area contributed by atoms with Crippen molar-refractivity contribution in [2.45, 2.75) is 6.92 Å². The zero-order valence-electron chi connectivity index (χ0n) is 7.51. The molecule has 0 amide bonds. The molecule has 1 aromatic carbocycles. The average molecular weight is 272 g/mol. The normalized spacial score (nSPS) is 10.5. The molecule has 0 aliphatic rings. The maximum Gasteiger partial charge on any atom is 0.0929 e. The van der Waals surface area contributed by atoms with Crippen molar-refractivity contribution < 1.29 is 0 Å². The monoisotopic (exact) mass is 270 g/mol. The lowest BCUT2D eigenvalue weighted by atomic mass is 10.1. The highest BCUT2D eigenvalue weighted by Gasteiger charge is 2.06. The van der Waals surface area contributed by atoms with Crippen molar-refractivity contribution in [3.63, 3.8) is 0 Å². The van der Waals surface area contributed by atoms with Gasteiger partial charge in [0.25, 0.3) is 0 Å². The molecule has 0 aliphatic heterocycles. The van der Waals surface area contributed by atoms with Crippen LogP contribution >= 0.6 is 27.5 Å². The van der Waals surface area contributed by atoms with E-state index in [-0.39, 0.29) is 0 Å². The summed E-state index contributed by atoms with van der Waals surface area (Å²) in [5.74, 6) is 0. The van der Waals surface area contributed by atoms with Crippen LogP contribution in [0.15, 0.2) is 29.0 Å². The summed E-state index contributed by atoms with van der Waals surface area (Å²) in [5.41, 5.74) is 3.07. The first-order valence-electron chi connectivity index (χ1n) is 4.14. The Labute approximate surface area is 95.5 Å². The van der Waals surface area contributed by atoms with Crippen molar-refractivity contribution in [3.8, 4) is 11.3 Å². The maximum absolute atomic E-state index is 5.91. The van der Waals surface area contributed by atoms with E-state index in [1.807, 2.05) is 25.1 Å². The van der Waals surface area contributed by atoms with Gasteiger partial charge < -0.3 is 4.98 Å². The fourth-order valence-electron chi connectivity index (χ4n) is 1.29. The zero-order chi connectivity index (χ0) is 10.1. The van der Waals surface area contributed by atoms with Gasteiger partial charge >= 0.3 is 0 Å². The molecular weight excluding hydrogens is 263 g/mol. The van der Waals surface area contributed by atoms with E-state index in [0.717, 1.165) is 21.4 Å². The molecule has 0 atom stereocenters. The Kier molecular flexibility index (Phi) is 2.61. The van der Waals surface area contributed by atoms with Crippen molar-refractivity contribution in [1.82, 2.24) is 9.97 Å². The van der Waals surface area contributed by atoms with Crippen LogP contribution in [0.1, 0.15) is 5.69 Å². The molecule has 0 fully saturated rings. The molecule has 1 aromatic heterocycles. The molecule has 14 heavy (non-hydrogen) atoms. The third-order valence-electron chi connectivity index (χ3n) is 2.02. The van der Waals surface area contributed by atoms with Gasteiger partial charge in [0.2, 0.25) is 0 Å². The molecule has 0 bridgehead atoms. The van der Waals surface area contributed by atoms with Crippen LogP contribution in [-0.2, 0) is 0 Å². The fraction of sp³-hybridized carbons (Fsp3) is 0.100. The Bertz CT molecular complexity index is 465. The van der Waals surface area contributed by atoms with E-state index in [1.165, 1.54) is 0 Å². The number of rotatable bonds is 1. The van der Waals surface area contributed by atoms with Crippen molar-refractivity contribution in [3.05, 3.63) is 39.7 Å². The number of nitrogens with zero attached hydrogens (tertiary/aromatic N) is 1. The van der Waals surface area contributed by atoms with Gasteiger partial charge in [0.15, 0.2) is 0 Å². The van der Waals surface area contributed by atoms with Crippen LogP contribution in [0.4, 0.5) is 0 Å². The summed E-state index contributed by atoms with van der Waals surface area (Å²) >= 11 is 9.29. The van der Waals surface area contributed by atoms with Gasteiger partial charge in [-0.15, -0.1) is 0 Å². The Morgan fingerprint density at radius 1 is 1.43 bits per heavy atom. The number of halogens is 2. The molecule has 2 aromatic rings. The van der Waals surface area contributed by atoms with E-state index >= 15 is 0 Å². The number of nitrogens with one attached hydrogen (secondary N) is 1. The lowest BCUT2D eigenvalue weighted by molar-refractivity contribution is 1.25. The minimum Gasteiger partial charge on any atom is -0.348 e. The molecule has 0 aliphatic carbocycles. The second kappa shape index (κ2) is 3.75. The number of hydrogen-bond acceptors (Lipinski definition) is 1. The summed E-state index contributed by atoms with van der Waals surface area (Å²) in [4.78, 5) is 7.28. The van der Waals surface area contributed by atoms with E-state index in [2.05, 4.69) is 25.9 Å². The smallest absolute Gasteiger partial charge is 0.0929 e. The van der Waals surface area contributed by atoms with Crippen molar-refractivity contribution in [1.29, 1.82) is 0 Å². The fourth-order valence-corrected chi connectivity index (χ4v) is 1.79. The molecular formula is C10H8BrClN2. The predicted molar refractivity (Wildman–Crippen MR) is 61.5 cm³/mol. The van der Waals surface area contributed by atoms with Crippen LogP contribution in [0.25, 0.3) is 11.3 Å². The van der Waals surface area contributed by atoms with E-state index in [0.29, 0.717) is 5.02 Å². The minimum absolute atomic E-state index is 0.710. The van der Waals surface area contributed by atoms with E-state index in [1.54, 1.807) is 6.33 Å². The number of benzene rings is 1. The van der Waals surface area contributed by atoms with E-state index in [9.17, 15) is 0 Å². The highest BCUT2D eigenvalue weighted by molar-refractivity contribution is 9.10. The van der Waals surface area contributed by atoms with Crippen LogP contribution in [0.3, 0.4) is 0 Å². The number of imidazole rings is 1. The summed E-state index contributed by atoms with van der Waals surface area (Å²) in [6, 6.07) is 5.77. The standard InChI is InChI=1S/C10H8BrClN2/c1-6-10(14-5-13-6)7-2-3-9(12)8(11)4-7/h2-5H,1H3,(H,13,14). The van der Waals surface area contributed by atoms with Crippen molar-refractivity contribution in [2.24, 2.45) is 0 Å². The molecule has 0 spiro atoms. The molecule has 72 valence electrons. The Hall–Kier alpha value is -0.800. The molecule has 1 N–H and O–H groups in total.